The third kappa shape index (κ3) is 5.53. The SMILES string of the molecule is C#CCCCN(CCC)CC1CCCCN1. The van der Waals surface area contributed by atoms with Crippen molar-refractivity contribution in [2.24, 2.45) is 0 Å². The lowest BCUT2D eigenvalue weighted by Crippen LogP contribution is -2.44. The van der Waals surface area contributed by atoms with E-state index in [0.717, 1.165) is 19.4 Å². The maximum Gasteiger partial charge on any atom is 0.0195 e. The fourth-order valence-electron chi connectivity index (χ4n) is 2.41. The van der Waals surface area contributed by atoms with Gasteiger partial charge in [0.1, 0.15) is 0 Å². The van der Waals surface area contributed by atoms with E-state index in [2.05, 4.69) is 23.1 Å². The Morgan fingerprint density at radius 1 is 1.38 bits per heavy atom. The maximum atomic E-state index is 5.29. The molecule has 0 aliphatic carbocycles. The van der Waals surface area contributed by atoms with Crippen molar-refractivity contribution in [2.75, 3.05) is 26.2 Å². The summed E-state index contributed by atoms with van der Waals surface area (Å²) in [5, 5.41) is 3.62. The van der Waals surface area contributed by atoms with E-state index < -0.39 is 0 Å². The van der Waals surface area contributed by atoms with Gasteiger partial charge in [-0.05, 0) is 45.3 Å². The molecule has 1 rings (SSSR count). The highest BCUT2D eigenvalue weighted by molar-refractivity contribution is 4.84. The Balaban J connectivity index is 2.22. The Morgan fingerprint density at radius 3 is 2.88 bits per heavy atom. The molecule has 2 nitrogen and oxygen atoms in total. The van der Waals surface area contributed by atoms with E-state index in [0.29, 0.717) is 6.04 Å². The topological polar surface area (TPSA) is 15.3 Å². The van der Waals surface area contributed by atoms with Gasteiger partial charge in [0.05, 0.1) is 0 Å². The molecule has 1 heterocycles. The number of nitrogens with one attached hydrogen (secondary N) is 1. The van der Waals surface area contributed by atoms with Crippen LogP contribution in [0.15, 0.2) is 0 Å². The number of piperidine rings is 1. The smallest absolute Gasteiger partial charge is 0.0195 e. The summed E-state index contributed by atoms with van der Waals surface area (Å²) in [6.45, 7) is 7.04. The van der Waals surface area contributed by atoms with Gasteiger partial charge in [-0.15, -0.1) is 12.3 Å². The molecule has 1 fully saturated rings. The molecule has 0 aromatic rings. The van der Waals surface area contributed by atoms with Gasteiger partial charge in [-0.2, -0.15) is 0 Å². The zero-order valence-corrected chi connectivity index (χ0v) is 10.7. The molecule has 16 heavy (non-hydrogen) atoms. The van der Waals surface area contributed by atoms with Gasteiger partial charge in [-0.1, -0.05) is 13.3 Å². The molecule has 92 valence electrons. The largest absolute Gasteiger partial charge is 0.313 e. The van der Waals surface area contributed by atoms with Crippen molar-refractivity contribution in [1.82, 2.24) is 10.2 Å². The van der Waals surface area contributed by atoms with E-state index in [1.54, 1.807) is 0 Å². The number of rotatable bonds is 7. The average Bonchev–Trinajstić information content (AvgIpc) is 2.31. The van der Waals surface area contributed by atoms with E-state index in [9.17, 15) is 0 Å². The van der Waals surface area contributed by atoms with Crippen LogP contribution in [0, 0.1) is 12.3 Å². The monoisotopic (exact) mass is 222 g/mol. The molecule has 0 aromatic heterocycles. The summed E-state index contributed by atoms with van der Waals surface area (Å²) in [4.78, 5) is 2.57. The second-order valence-electron chi connectivity index (χ2n) is 4.76. The summed E-state index contributed by atoms with van der Waals surface area (Å²) in [6.07, 6.45) is 12.7. The molecule has 0 spiro atoms. The number of terminal acetylenes is 1. The third-order valence-corrected chi connectivity index (χ3v) is 3.23. The highest BCUT2D eigenvalue weighted by Gasteiger charge is 2.15. The minimum Gasteiger partial charge on any atom is -0.313 e. The fourth-order valence-corrected chi connectivity index (χ4v) is 2.41. The van der Waals surface area contributed by atoms with Crippen LogP contribution in [0.25, 0.3) is 0 Å². The van der Waals surface area contributed by atoms with Gasteiger partial charge in [-0.3, -0.25) is 0 Å². The van der Waals surface area contributed by atoms with E-state index >= 15 is 0 Å². The van der Waals surface area contributed by atoms with Crippen LogP contribution in [0.3, 0.4) is 0 Å². The Bertz CT molecular complexity index is 201. The fraction of sp³-hybridized carbons (Fsp3) is 0.857. The Labute approximate surface area is 101 Å². The predicted molar refractivity (Wildman–Crippen MR) is 70.4 cm³/mol. The minimum atomic E-state index is 0.714. The van der Waals surface area contributed by atoms with Crippen LogP contribution in [-0.2, 0) is 0 Å². The van der Waals surface area contributed by atoms with Crippen molar-refractivity contribution >= 4 is 0 Å². The van der Waals surface area contributed by atoms with Crippen LogP contribution in [0.4, 0.5) is 0 Å². The van der Waals surface area contributed by atoms with Gasteiger partial charge < -0.3 is 10.2 Å². The van der Waals surface area contributed by atoms with Crippen LogP contribution in [0.5, 0.6) is 0 Å². The molecule has 1 atom stereocenters. The molecule has 1 saturated heterocycles. The Morgan fingerprint density at radius 2 is 2.25 bits per heavy atom. The standard InChI is InChI=1S/C14H26N2/c1-3-5-8-12-16(11-4-2)13-14-9-6-7-10-15-14/h1,14-15H,4-13H2,2H3. The van der Waals surface area contributed by atoms with Crippen LogP contribution in [0.1, 0.15) is 45.4 Å². The highest BCUT2D eigenvalue weighted by Crippen LogP contribution is 2.09. The summed E-state index contributed by atoms with van der Waals surface area (Å²) < 4.78 is 0. The zero-order valence-electron chi connectivity index (χ0n) is 10.7. The van der Waals surface area contributed by atoms with E-state index in [-0.39, 0.29) is 0 Å². The van der Waals surface area contributed by atoms with E-state index in [1.165, 1.54) is 45.3 Å². The molecule has 1 unspecified atom stereocenters. The van der Waals surface area contributed by atoms with Gasteiger partial charge in [-0.25, -0.2) is 0 Å². The lowest BCUT2D eigenvalue weighted by Gasteiger charge is -2.30. The summed E-state index contributed by atoms with van der Waals surface area (Å²) in [7, 11) is 0. The lowest BCUT2D eigenvalue weighted by atomic mass is 10.0. The Kier molecular flexibility index (Phi) is 7.29. The first-order chi connectivity index (χ1) is 7.86. The molecular formula is C14H26N2. The Hall–Kier alpha value is -0.520. The van der Waals surface area contributed by atoms with E-state index in [4.69, 9.17) is 6.42 Å². The molecule has 0 saturated carbocycles. The molecule has 0 bridgehead atoms. The quantitative estimate of drug-likeness (QED) is 0.525. The van der Waals surface area contributed by atoms with Crippen molar-refractivity contribution in [2.45, 2.75) is 51.5 Å². The van der Waals surface area contributed by atoms with Crippen molar-refractivity contribution in [3.8, 4) is 12.3 Å². The first-order valence-electron chi connectivity index (χ1n) is 6.76. The van der Waals surface area contributed by atoms with Crippen molar-refractivity contribution in [1.29, 1.82) is 0 Å². The third-order valence-electron chi connectivity index (χ3n) is 3.23. The van der Waals surface area contributed by atoms with Gasteiger partial charge in [0.15, 0.2) is 0 Å². The zero-order chi connectivity index (χ0) is 11.6. The molecule has 0 radical (unpaired) electrons. The molecule has 2 heteroatoms. The van der Waals surface area contributed by atoms with Crippen LogP contribution in [-0.4, -0.2) is 37.1 Å². The van der Waals surface area contributed by atoms with Gasteiger partial charge in [0.2, 0.25) is 0 Å². The van der Waals surface area contributed by atoms with Crippen molar-refractivity contribution in [3.63, 3.8) is 0 Å². The number of hydrogen-bond acceptors (Lipinski definition) is 2. The summed E-state index contributed by atoms with van der Waals surface area (Å²) in [6, 6.07) is 0.714. The van der Waals surface area contributed by atoms with Crippen molar-refractivity contribution < 1.29 is 0 Å². The van der Waals surface area contributed by atoms with Crippen LogP contribution >= 0.6 is 0 Å². The molecule has 1 N–H and O–H groups in total. The molecule has 0 aromatic carbocycles. The summed E-state index contributed by atoms with van der Waals surface area (Å²) >= 11 is 0. The molecule has 1 aliphatic rings. The molecule has 0 amide bonds. The number of unbranched alkanes of at least 4 members (excludes halogenated alkanes) is 1. The van der Waals surface area contributed by atoms with Crippen molar-refractivity contribution in [3.05, 3.63) is 0 Å². The molecule has 1 aliphatic heterocycles. The molecular weight excluding hydrogens is 196 g/mol. The minimum absolute atomic E-state index is 0.714. The second kappa shape index (κ2) is 8.61. The van der Waals surface area contributed by atoms with E-state index in [1.807, 2.05) is 0 Å². The number of hydrogen-bond donors (Lipinski definition) is 1. The van der Waals surface area contributed by atoms with Gasteiger partial charge >= 0.3 is 0 Å². The second-order valence-corrected chi connectivity index (χ2v) is 4.76. The normalized spacial score (nSPS) is 20.9. The summed E-state index contributed by atoms with van der Waals surface area (Å²) in [5.74, 6) is 2.73. The van der Waals surface area contributed by atoms with Crippen LogP contribution in [0.2, 0.25) is 0 Å². The van der Waals surface area contributed by atoms with Crippen LogP contribution < -0.4 is 5.32 Å². The lowest BCUT2D eigenvalue weighted by molar-refractivity contribution is 0.223. The first-order valence-corrected chi connectivity index (χ1v) is 6.76. The average molecular weight is 222 g/mol. The van der Waals surface area contributed by atoms with Gasteiger partial charge in [0.25, 0.3) is 0 Å². The predicted octanol–water partition coefficient (Wildman–Crippen LogP) is 2.25. The number of nitrogens with zero attached hydrogens (tertiary/aromatic N) is 1. The maximum absolute atomic E-state index is 5.29. The first kappa shape index (κ1) is 13.5. The summed E-state index contributed by atoms with van der Waals surface area (Å²) in [5.41, 5.74) is 0. The highest BCUT2D eigenvalue weighted by atomic mass is 15.1. The van der Waals surface area contributed by atoms with Gasteiger partial charge in [0, 0.05) is 19.0 Å².